The third-order valence-electron chi connectivity index (χ3n) is 8.21. The second kappa shape index (κ2) is 11.3. The third-order valence-corrected chi connectivity index (χ3v) is 8.21. The Morgan fingerprint density at radius 1 is 1.10 bits per heavy atom. The first-order valence-electron chi connectivity index (χ1n) is 14.0. The van der Waals surface area contributed by atoms with E-state index in [2.05, 4.69) is 5.32 Å². The Bertz CT molecular complexity index is 1540. The summed E-state index contributed by atoms with van der Waals surface area (Å²) in [4.78, 5) is 29.2. The molecule has 0 bridgehead atoms. The van der Waals surface area contributed by atoms with Crippen LogP contribution in [0.3, 0.4) is 0 Å². The van der Waals surface area contributed by atoms with E-state index in [-0.39, 0.29) is 31.4 Å². The zero-order valence-corrected chi connectivity index (χ0v) is 23.4. The largest absolute Gasteiger partial charge is 0.493 e. The van der Waals surface area contributed by atoms with Crippen LogP contribution in [0.15, 0.2) is 52.5 Å². The molecule has 11 heteroatoms. The van der Waals surface area contributed by atoms with E-state index < -0.39 is 36.0 Å². The highest BCUT2D eigenvalue weighted by Gasteiger charge is 2.52. The molecule has 1 fully saturated rings. The van der Waals surface area contributed by atoms with Crippen LogP contribution in [0.4, 0.5) is 0 Å². The molecule has 11 nitrogen and oxygen atoms in total. The smallest absolute Gasteiger partial charge is 0.290 e. The first-order chi connectivity index (χ1) is 20.4. The number of carbonyl (C=O) groups excluding carboxylic acids is 2. The van der Waals surface area contributed by atoms with Crippen LogP contribution < -0.4 is 19.5 Å². The van der Waals surface area contributed by atoms with Gasteiger partial charge in [0.25, 0.3) is 5.91 Å². The number of aliphatic hydroxyl groups is 3. The first kappa shape index (κ1) is 28.1. The first-order valence-corrected chi connectivity index (χ1v) is 14.0. The number of para-hydroxylation sites is 1. The molecule has 0 saturated heterocycles. The van der Waals surface area contributed by atoms with E-state index in [0.717, 1.165) is 12.8 Å². The van der Waals surface area contributed by atoms with Crippen LogP contribution in [-0.2, 0) is 11.4 Å². The number of hydrogen-bond acceptors (Lipinski definition) is 9. The van der Waals surface area contributed by atoms with E-state index in [1.807, 2.05) is 12.1 Å². The molecule has 6 rings (SSSR count). The van der Waals surface area contributed by atoms with Gasteiger partial charge >= 0.3 is 0 Å². The van der Waals surface area contributed by atoms with E-state index in [9.17, 15) is 24.9 Å². The number of aliphatic hydroxyl groups excluding tert-OH is 3. The maximum atomic E-state index is 14.1. The predicted octanol–water partition coefficient (Wildman–Crippen LogP) is 2.12. The Labute approximate surface area is 242 Å². The normalized spacial score (nSPS) is 22.5. The van der Waals surface area contributed by atoms with Crippen LogP contribution >= 0.6 is 0 Å². The SMILES string of the molecule is COc1cc(CO)cc2c1O[C@@H]1[C@@H](O)[C@H](N(CC3CC3)C(=O)c3cc4cccc(OC)c4o3)C=C(C(=O)NCCO)[C@H]21. The fourth-order valence-corrected chi connectivity index (χ4v) is 5.98. The summed E-state index contributed by atoms with van der Waals surface area (Å²) < 4.78 is 23.2. The van der Waals surface area contributed by atoms with Crippen molar-refractivity contribution in [2.24, 2.45) is 5.92 Å². The van der Waals surface area contributed by atoms with Gasteiger partial charge in [-0.15, -0.1) is 0 Å². The lowest BCUT2D eigenvalue weighted by atomic mass is 9.77. The number of benzene rings is 2. The molecule has 0 radical (unpaired) electrons. The minimum Gasteiger partial charge on any atom is -0.493 e. The minimum atomic E-state index is -1.21. The maximum Gasteiger partial charge on any atom is 0.290 e. The average Bonchev–Trinajstić information content (AvgIpc) is 3.58. The number of nitrogens with one attached hydrogen (secondary N) is 1. The number of rotatable bonds is 10. The van der Waals surface area contributed by atoms with Gasteiger partial charge in [0.15, 0.2) is 28.6 Å². The minimum absolute atomic E-state index is 0.0278. The van der Waals surface area contributed by atoms with Gasteiger partial charge in [0.1, 0.15) is 12.2 Å². The van der Waals surface area contributed by atoms with Gasteiger partial charge in [-0.2, -0.15) is 0 Å². The second-order valence-electron chi connectivity index (χ2n) is 10.9. The number of methoxy groups -OCH3 is 2. The molecule has 2 aromatic carbocycles. The van der Waals surface area contributed by atoms with Crippen molar-refractivity contribution in [2.75, 3.05) is 33.9 Å². The summed E-state index contributed by atoms with van der Waals surface area (Å²) >= 11 is 0. The summed E-state index contributed by atoms with van der Waals surface area (Å²) in [6, 6.07) is 9.50. The van der Waals surface area contributed by atoms with Gasteiger partial charge in [-0.3, -0.25) is 9.59 Å². The number of furan rings is 1. The fourth-order valence-electron chi connectivity index (χ4n) is 5.98. The van der Waals surface area contributed by atoms with Crippen molar-refractivity contribution >= 4 is 22.8 Å². The summed E-state index contributed by atoms with van der Waals surface area (Å²) in [5.74, 6) is 0.00996. The predicted molar refractivity (Wildman–Crippen MR) is 151 cm³/mol. The number of ether oxygens (including phenoxy) is 3. The van der Waals surface area contributed by atoms with E-state index in [1.54, 1.807) is 35.2 Å². The third kappa shape index (κ3) is 4.87. The summed E-state index contributed by atoms with van der Waals surface area (Å²) in [6.07, 6.45) is 1.39. The Kier molecular flexibility index (Phi) is 7.56. The number of nitrogens with zero attached hydrogens (tertiary/aromatic N) is 1. The summed E-state index contributed by atoms with van der Waals surface area (Å²) in [7, 11) is 3.00. The summed E-state index contributed by atoms with van der Waals surface area (Å²) in [6.45, 7) is -0.121. The Morgan fingerprint density at radius 2 is 1.88 bits per heavy atom. The average molecular weight is 579 g/mol. The topological polar surface area (TPSA) is 151 Å². The molecule has 2 heterocycles. The molecule has 4 N–H and O–H groups in total. The molecule has 0 spiro atoms. The molecule has 0 unspecified atom stereocenters. The van der Waals surface area contributed by atoms with Crippen molar-refractivity contribution in [3.8, 4) is 17.2 Å². The molecular formula is C31H34N2O9. The highest BCUT2D eigenvalue weighted by Crippen LogP contribution is 2.51. The van der Waals surface area contributed by atoms with Crippen molar-refractivity contribution in [3.05, 3.63) is 64.9 Å². The van der Waals surface area contributed by atoms with Crippen molar-refractivity contribution < 1.29 is 43.5 Å². The fraction of sp³-hybridized carbons (Fsp3) is 0.419. The highest BCUT2D eigenvalue weighted by atomic mass is 16.5. The Hall–Kier alpha value is -4.06. The van der Waals surface area contributed by atoms with Gasteiger partial charge in [0.05, 0.1) is 39.4 Å². The van der Waals surface area contributed by atoms with Crippen molar-refractivity contribution in [1.82, 2.24) is 10.2 Å². The monoisotopic (exact) mass is 578 g/mol. The molecule has 3 aromatic rings. The molecule has 222 valence electrons. The van der Waals surface area contributed by atoms with Gasteiger partial charge < -0.3 is 44.2 Å². The number of hydrogen-bond donors (Lipinski definition) is 4. The number of amides is 2. The molecule has 1 aliphatic heterocycles. The van der Waals surface area contributed by atoms with Gasteiger partial charge in [-0.25, -0.2) is 0 Å². The van der Waals surface area contributed by atoms with Crippen LogP contribution in [0, 0.1) is 5.92 Å². The molecule has 4 atom stereocenters. The van der Waals surface area contributed by atoms with Gasteiger partial charge in [0.2, 0.25) is 5.91 Å². The van der Waals surface area contributed by atoms with Crippen LogP contribution in [-0.4, -0.2) is 84.2 Å². The maximum absolute atomic E-state index is 14.1. The van der Waals surface area contributed by atoms with E-state index in [1.165, 1.54) is 14.2 Å². The molecule has 42 heavy (non-hydrogen) atoms. The van der Waals surface area contributed by atoms with Crippen molar-refractivity contribution in [3.63, 3.8) is 0 Å². The molecule has 2 aliphatic carbocycles. The molecule has 1 saturated carbocycles. The molecule has 1 aromatic heterocycles. The van der Waals surface area contributed by atoms with Gasteiger partial charge in [0, 0.05) is 29.6 Å². The Balaban J connectivity index is 1.43. The molecule has 2 amide bonds. The number of carbonyl (C=O) groups is 2. The quantitative estimate of drug-likeness (QED) is 0.284. The molecule has 3 aliphatic rings. The van der Waals surface area contributed by atoms with E-state index >= 15 is 0 Å². The number of fused-ring (bicyclic) bond motifs is 4. The van der Waals surface area contributed by atoms with E-state index in [0.29, 0.717) is 51.5 Å². The summed E-state index contributed by atoms with van der Waals surface area (Å²) in [5, 5.41) is 34.5. The second-order valence-corrected chi connectivity index (χ2v) is 10.9. The Morgan fingerprint density at radius 3 is 2.57 bits per heavy atom. The van der Waals surface area contributed by atoms with Crippen LogP contribution in [0.2, 0.25) is 0 Å². The van der Waals surface area contributed by atoms with Crippen molar-refractivity contribution in [2.45, 2.75) is 43.6 Å². The lowest BCUT2D eigenvalue weighted by molar-refractivity contribution is -0.118. The van der Waals surface area contributed by atoms with Gasteiger partial charge in [-0.05, 0) is 54.7 Å². The molecular weight excluding hydrogens is 544 g/mol. The van der Waals surface area contributed by atoms with Crippen LogP contribution in [0.25, 0.3) is 11.0 Å². The van der Waals surface area contributed by atoms with Crippen LogP contribution in [0.5, 0.6) is 17.2 Å². The lowest BCUT2D eigenvalue weighted by Crippen LogP contribution is -2.56. The van der Waals surface area contributed by atoms with Crippen molar-refractivity contribution in [1.29, 1.82) is 0 Å². The van der Waals surface area contributed by atoms with Gasteiger partial charge in [-0.1, -0.05) is 12.1 Å². The lowest BCUT2D eigenvalue weighted by Gasteiger charge is -2.40. The van der Waals surface area contributed by atoms with E-state index in [4.69, 9.17) is 18.6 Å². The summed E-state index contributed by atoms with van der Waals surface area (Å²) in [5.41, 5.74) is 1.89. The highest BCUT2D eigenvalue weighted by molar-refractivity contribution is 5.99. The zero-order chi connectivity index (χ0) is 29.5. The van der Waals surface area contributed by atoms with Crippen LogP contribution in [0.1, 0.15) is 40.4 Å². The zero-order valence-electron chi connectivity index (χ0n) is 23.4. The standard InChI is InChI=1S/C31H34N2O9/c1-39-22-5-3-4-18-12-24(41-27(18)22)31(38)33(14-16-6-7-16)21-13-20(30(37)32-8-9-34)25-19-10-17(15-35)11-23(40-2)28(19)42-29(25)26(21)36/h3-5,10-13,16,21,25-26,29,34-36H,6-9,14-15H2,1-2H3,(H,32,37)/t21-,25+,26+,29+/m1/s1.